The van der Waals surface area contributed by atoms with Gasteiger partial charge in [-0.2, -0.15) is 0 Å². The molecular weight excluding hydrogens is 384 g/mol. The fourth-order valence-corrected chi connectivity index (χ4v) is 3.58. The van der Waals surface area contributed by atoms with E-state index in [4.69, 9.17) is 14.2 Å². The number of benzene rings is 2. The van der Waals surface area contributed by atoms with Crippen molar-refractivity contribution in [2.75, 3.05) is 25.6 Å². The topological polar surface area (TPSA) is 89.7 Å². The van der Waals surface area contributed by atoms with E-state index in [0.29, 0.717) is 29.3 Å². The van der Waals surface area contributed by atoms with Crippen LogP contribution in [0.4, 0.5) is 5.69 Å². The third-order valence-corrected chi connectivity index (χ3v) is 5.28. The number of aromatic nitrogens is 1. The smallest absolute Gasteiger partial charge is 0.354 e. The van der Waals surface area contributed by atoms with Gasteiger partial charge in [0.05, 0.1) is 13.2 Å². The highest BCUT2D eigenvalue weighted by molar-refractivity contribution is 6.06. The summed E-state index contributed by atoms with van der Waals surface area (Å²) in [6.07, 6.45) is 2.25. The second-order valence-corrected chi connectivity index (χ2v) is 7.30. The van der Waals surface area contributed by atoms with Crippen molar-refractivity contribution in [2.45, 2.75) is 25.9 Å². The van der Waals surface area contributed by atoms with E-state index >= 15 is 0 Å². The second kappa shape index (κ2) is 8.59. The Labute approximate surface area is 174 Å². The molecule has 1 atom stereocenters. The lowest BCUT2D eigenvalue weighted by Gasteiger charge is -2.12. The van der Waals surface area contributed by atoms with Gasteiger partial charge in [0.2, 0.25) is 0 Å². The molecule has 2 heterocycles. The van der Waals surface area contributed by atoms with E-state index < -0.39 is 5.97 Å². The minimum atomic E-state index is -0.420. The molecule has 3 aromatic rings. The van der Waals surface area contributed by atoms with Crippen molar-refractivity contribution in [1.29, 1.82) is 0 Å². The zero-order valence-corrected chi connectivity index (χ0v) is 17.0. The minimum absolute atomic E-state index is 0.152. The molecule has 7 heteroatoms. The molecule has 1 aliphatic heterocycles. The Hall–Kier alpha value is -3.32. The normalized spacial score (nSPS) is 15.9. The molecule has 0 bridgehead atoms. The molecule has 30 heavy (non-hydrogen) atoms. The predicted molar refractivity (Wildman–Crippen MR) is 113 cm³/mol. The molecule has 1 saturated heterocycles. The van der Waals surface area contributed by atoms with Gasteiger partial charge < -0.3 is 24.5 Å². The molecule has 1 aliphatic rings. The monoisotopic (exact) mass is 408 g/mol. The zero-order chi connectivity index (χ0) is 21.1. The average Bonchev–Trinajstić information content (AvgIpc) is 3.40. The highest BCUT2D eigenvalue weighted by atomic mass is 16.5. The maximum atomic E-state index is 12.6. The number of carbonyl (C=O) groups is 2. The molecule has 2 aromatic carbocycles. The van der Waals surface area contributed by atoms with E-state index in [2.05, 4.69) is 10.3 Å². The lowest BCUT2D eigenvalue weighted by atomic mass is 10.1. The van der Waals surface area contributed by atoms with Crippen molar-refractivity contribution in [3.05, 3.63) is 59.3 Å². The van der Waals surface area contributed by atoms with Crippen LogP contribution in [-0.2, 0) is 9.47 Å². The summed E-state index contributed by atoms with van der Waals surface area (Å²) in [5.41, 5.74) is 3.17. The number of rotatable bonds is 6. The number of methoxy groups -OCH3 is 1. The summed E-state index contributed by atoms with van der Waals surface area (Å²) in [5.74, 6) is 0.0688. The highest BCUT2D eigenvalue weighted by Crippen LogP contribution is 2.26. The van der Waals surface area contributed by atoms with E-state index in [1.807, 2.05) is 19.1 Å². The van der Waals surface area contributed by atoms with Crippen molar-refractivity contribution >= 4 is 28.5 Å². The maximum absolute atomic E-state index is 12.6. The summed E-state index contributed by atoms with van der Waals surface area (Å²) in [4.78, 5) is 27.5. The van der Waals surface area contributed by atoms with E-state index in [0.717, 1.165) is 35.9 Å². The minimum Gasteiger partial charge on any atom is -0.491 e. The van der Waals surface area contributed by atoms with Gasteiger partial charge in [-0.15, -0.1) is 0 Å². The summed E-state index contributed by atoms with van der Waals surface area (Å²) in [5, 5.41) is 3.75. The number of ether oxygens (including phenoxy) is 3. The first-order valence-corrected chi connectivity index (χ1v) is 9.91. The Balaban J connectivity index is 1.43. The van der Waals surface area contributed by atoms with Gasteiger partial charge in [0, 0.05) is 28.8 Å². The van der Waals surface area contributed by atoms with Crippen LogP contribution in [0.1, 0.15) is 39.3 Å². The molecule has 0 unspecified atom stereocenters. The fraction of sp³-hybridized carbons (Fsp3) is 0.304. The van der Waals surface area contributed by atoms with Crippen molar-refractivity contribution in [1.82, 2.24) is 4.98 Å². The molecule has 1 fully saturated rings. The van der Waals surface area contributed by atoms with Gasteiger partial charge in [0.1, 0.15) is 18.1 Å². The summed E-state index contributed by atoms with van der Waals surface area (Å²) in [6.45, 7) is 3.16. The number of aryl methyl sites for hydroxylation is 1. The van der Waals surface area contributed by atoms with Crippen LogP contribution in [0.25, 0.3) is 10.9 Å². The molecule has 156 valence electrons. The number of hydrogen-bond donors (Lipinski definition) is 2. The number of aromatic amines is 1. The molecule has 1 aromatic heterocycles. The standard InChI is InChI=1S/C23H24N2O5/c1-14-19-12-16(7-10-20(19)25-21(14)23(27)28-2)24-22(26)15-5-8-17(9-6-15)30-13-18-4-3-11-29-18/h5-10,12,18,25H,3-4,11,13H2,1-2H3,(H,24,26)/t18-/m0/s1. The third kappa shape index (κ3) is 4.16. The van der Waals surface area contributed by atoms with Crippen LogP contribution in [0.15, 0.2) is 42.5 Å². The van der Waals surface area contributed by atoms with Gasteiger partial charge in [-0.05, 0) is 67.8 Å². The number of H-pyrrole nitrogens is 1. The van der Waals surface area contributed by atoms with Crippen molar-refractivity contribution < 1.29 is 23.8 Å². The number of fused-ring (bicyclic) bond motifs is 1. The fourth-order valence-electron chi connectivity index (χ4n) is 3.58. The van der Waals surface area contributed by atoms with Crippen molar-refractivity contribution in [2.24, 2.45) is 0 Å². The molecule has 0 radical (unpaired) electrons. The van der Waals surface area contributed by atoms with Crippen LogP contribution in [0.5, 0.6) is 5.75 Å². The Kier molecular flexibility index (Phi) is 5.72. The van der Waals surface area contributed by atoms with Crippen molar-refractivity contribution in [3.8, 4) is 5.75 Å². The first kappa shape index (κ1) is 20.0. The predicted octanol–water partition coefficient (Wildman–Crippen LogP) is 4.07. The SMILES string of the molecule is COC(=O)c1[nH]c2ccc(NC(=O)c3ccc(OC[C@@H]4CCCO4)cc3)cc2c1C. The highest BCUT2D eigenvalue weighted by Gasteiger charge is 2.17. The van der Waals surface area contributed by atoms with Gasteiger partial charge in [0.15, 0.2) is 0 Å². The molecule has 1 amide bonds. The van der Waals surface area contributed by atoms with Crippen LogP contribution in [-0.4, -0.2) is 43.3 Å². The third-order valence-electron chi connectivity index (χ3n) is 5.28. The molecule has 4 rings (SSSR count). The van der Waals surface area contributed by atoms with E-state index in [-0.39, 0.29) is 12.0 Å². The first-order chi connectivity index (χ1) is 14.5. The number of amides is 1. The Morgan fingerprint density at radius 3 is 2.70 bits per heavy atom. The van der Waals surface area contributed by atoms with E-state index in [9.17, 15) is 9.59 Å². The molecule has 7 nitrogen and oxygen atoms in total. The van der Waals surface area contributed by atoms with Crippen LogP contribution in [0, 0.1) is 6.92 Å². The Morgan fingerprint density at radius 2 is 2.00 bits per heavy atom. The van der Waals surface area contributed by atoms with Crippen LogP contribution >= 0.6 is 0 Å². The summed E-state index contributed by atoms with van der Waals surface area (Å²) >= 11 is 0. The number of carbonyl (C=O) groups excluding carboxylic acids is 2. The quantitative estimate of drug-likeness (QED) is 0.600. The molecule has 0 spiro atoms. The van der Waals surface area contributed by atoms with Gasteiger partial charge in [0.25, 0.3) is 5.91 Å². The first-order valence-electron chi connectivity index (χ1n) is 9.91. The van der Waals surface area contributed by atoms with Gasteiger partial charge in [-0.3, -0.25) is 4.79 Å². The number of hydrogen-bond acceptors (Lipinski definition) is 5. The average molecular weight is 408 g/mol. The molecular formula is C23H24N2O5. The number of anilines is 1. The lowest BCUT2D eigenvalue weighted by Crippen LogP contribution is -2.16. The van der Waals surface area contributed by atoms with Gasteiger partial charge in [-0.1, -0.05) is 0 Å². The van der Waals surface area contributed by atoms with Gasteiger partial charge >= 0.3 is 5.97 Å². The summed E-state index contributed by atoms with van der Waals surface area (Å²) in [6, 6.07) is 12.5. The Bertz CT molecular complexity index is 1070. The van der Waals surface area contributed by atoms with E-state index in [1.165, 1.54) is 7.11 Å². The molecule has 2 N–H and O–H groups in total. The summed E-state index contributed by atoms with van der Waals surface area (Å²) < 4.78 is 16.1. The lowest BCUT2D eigenvalue weighted by molar-refractivity contribution is 0.0594. The number of nitrogens with one attached hydrogen (secondary N) is 2. The van der Waals surface area contributed by atoms with Crippen LogP contribution in [0.3, 0.4) is 0 Å². The summed E-state index contributed by atoms with van der Waals surface area (Å²) in [7, 11) is 1.35. The zero-order valence-electron chi connectivity index (χ0n) is 17.0. The number of esters is 1. The largest absolute Gasteiger partial charge is 0.491 e. The van der Waals surface area contributed by atoms with Gasteiger partial charge in [-0.25, -0.2) is 4.79 Å². The van der Waals surface area contributed by atoms with Crippen LogP contribution < -0.4 is 10.1 Å². The van der Waals surface area contributed by atoms with E-state index in [1.54, 1.807) is 30.3 Å². The maximum Gasteiger partial charge on any atom is 0.354 e. The Morgan fingerprint density at radius 1 is 1.20 bits per heavy atom. The second-order valence-electron chi connectivity index (χ2n) is 7.30. The van der Waals surface area contributed by atoms with Crippen LogP contribution in [0.2, 0.25) is 0 Å². The molecule has 0 aliphatic carbocycles. The molecule has 0 saturated carbocycles. The van der Waals surface area contributed by atoms with Crippen molar-refractivity contribution in [3.63, 3.8) is 0 Å².